The summed E-state index contributed by atoms with van der Waals surface area (Å²) in [7, 11) is 0. The molecule has 0 aromatic heterocycles. The van der Waals surface area contributed by atoms with Gasteiger partial charge in [-0.2, -0.15) is 0 Å². The van der Waals surface area contributed by atoms with Gasteiger partial charge in [0.25, 0.3) is 5.69 Å². The van der Waals surface area contributed by atoms with Crippen molar-refractivity contribution in [3.8, 4) is 22.3 Å². The zero-order chi connectivity index (χ0) is 25.2. The molecule has 0 aliphatic carbocycles. The largest absolute Gasteiger partial charge is 0.325 e. The molecule has 0 unspecified atom stereocenters. The van der Waals surface area contributed by atoms with E-state index in [4.69, 9.17) is 23.2 Å². The van der Waals surface area contributed by atoms with Gasteiger partial charge in [-0.3, -0.25) is 10.1 Å². The molecule has 0 spiro atoms. The molecule has 0 radical (unpaired) electrons. The Bertz CT molecular complexity index is 1300. The predicted octanol–water partition coefficient (Wildman–Crippen LogP) is 9.65. The summed E-state index contributed by atoms with van der Waals surface area (Å²) in [6.07, 6.45) is 0. The van der Waals surface area contributed by atoms with Crippen LogP contribution in [0.5, 0.6) is 0 Å². The van der Waals surface area contributed by atoms with Crippen LogP contribution in [0.4, 0.5) is 11.4 Å². The van der Waals surface area contributed by atoms with Crippen LogP contribution in [0.15, 0.2) is 89.8 Å². The van der Waals surface area contributed by atoms with Gasteiger partial charge < -0.3 is 4.72 Å². The van der Waals surface area contributed by atoms with Gasteiger partial charge in [-0.05, 0) is 76.5 Å². The SMILES string of the molecule is CC(C)(C)c1cc(-c2ccc(Cl)cc2)c(NSc2cccc([N+](=O)[O-])c2)c(-c2ccc(Cl)cc2)c1. The Balaban J connectivity index is 1.90. The highest BCUT2D eigenvalue weighted by molar-refractivity contribution is 8.00. The Morgan fingerprint density at radius 2 is 1.31 bits per heavy atom. The summed E-state index contributed by atoms with van der Waals surface area (Å²) in [5.41, 5.74) is 6.09. The van der Waals surface area contributed by atoms with Crippen molar-refractivity contribution in [1.29, 1.82) is 0 Å². The molecule has 4 nitrogen and oxygen atoms in total. The molecule has 0 saturated carbocycles. The molecule has 0 amide bonds. The lowest BCUT2D eigenvalue weighted by Gasteiger charge is -2.25. The molecular weight excluding hydrogens is 499 g/mol. The molecule has 178 valence electrons. The van der Waals surface area contributed by atoms with Crippen LogP contribution in [0, 0.1) is 10.1 Å². The van der Waals surface area contributed by atoms with Crippen LogP contribution in [0.3, 0.4) is 0 Å². The summed E-state index contributed by atoms with van der Waals surface area (Å²) >= 11 is 13.7. The number of nitrogens with one attached hydrogen (secondary N) is 1. The lowest BCUT2D eigenvalue weighted by atomic mass is 9.82. The lowest BCUT2D eigenvalue weighted by molar-refractivity contribution is -0.385. The van der Waals surface area contributed by atoms with E-state index in [0.717, 1.165) is 32.8 Å². The number of benzene rings is 4. The minimum atomic E-state index is -0.388. The van der Waals surface area contributed by atoms with Crippen molar-refractivity contribution < 1.29 is 4.92 Å². The van der Waals surface area contributed by atoms with Gasteiger partial charge in [0.1, 0.15) is 0 Å². The maximum absolute atomic E-state index is 11.2. The molecule has 0 fully saturated rings. The fourth-order valence-electron chi connectivity index (χ4n) is 3.67. The molecule has 0 aliphatic heterocycles. The third kappa shape index (κ3) is 5.99. The average Bonchev–Trinajstić information content (AvgIpc) is 2.83. The third-order valence-electron chi connectivity index (χ3n) is 5.61. The first kappa shape index (κ1) is 25.1. The highest BCUT2D eigenvalue weighted by Crippen LogP contribution is 2.43. The van der Waals surface area contributed by atoms with E-state index in [1.807, 2.05) is 54.6 Å². The van der Waals surface area contributed by atoms with E-state index in [1.54, 1.807) is 12.1 Å². The molecule has 35 heavy (non-hydrogen) atoms. The van der Waals surface area contributed by atoms with E-state index < -0.39 is 0 Å². The van der Waals surface area contributed by atoms with Gasteiger partial charge in [0.15, 0.2) is 0 Å². The topological polar surface area (TPSA) is 55.2 Å². The number of nitro groups is 1. The van der Waals surface area contributed by atoms with E-state index >= 15 is 0 Å². The second-order valence-corrected chi connectivity index (χ2v) is 10.9. The summed E-state index contributed by atoms with van der Waals surface area (Å²) in [5.74, 6) is 0. The first-order valence-electron chi connectivity index (χ1n) is 11.0. The standard InChI is InChI=1S/C28H24Cl2N2O2S/c1-28(2,3)20-15-25(18-7-11-21(29)12-8-18)27(26(16-20)19-9-13-22(30)14-10-19)31-35-24-6-4-5-23(17-24)32(33)34/h4-17,31H,1-3H3. The van der Waals surface area contributed by atoms with Crippen molar-refractivity contribution in [2.24, 2.45) is 0 Å². The second kappa shape index (κ2) is 10.3. The highest BCUT2D eigenvalue weighted by Gasteiger charge is 2.21. The normalized spacial score (nSPS) is 11.3. The van der Waals surface area contributed by atoms with Gasteiger partial charge >= 0.3 is 0 Å². The van der Waals surface area contributed by atoms with Crippen LogP contribution >= 0.6 is 35.1 Å². The summed E-state index contributed by atoms with van der Waals surface area (Å²) in [5, 5.41) is 12.6. The molecule has 0 saturated heterocycles. The summed E-state index contributed by atoms with van der Waals surface area (Å²) < 4.78 is 3.50. The first-order chi connectivity index (χ1) is 16.6. The highest BCUT2D eigenvalue weighted by atomic mass is 35.5. The average molecular weight is 523 g/mol. The van der Waals surface area contributed by atoms with Crippen LogP contribution in [0.2, 0.25) is 10.0 Å². The number of nitro benzene ring substituents is 1. The molecule has 0 atom stereocenters. The van der Waals surface area contributed by atoms with E-state index in [0.29, 0.717) is 10.0 Å². The lowest BCUT2D eigenvalue weighted by Crippen LogP contribution is -2.12. The second-order valence-electron chi connectivity index (χ2n) is 9.17. The van der Waals surface area contributed by atoms with Gasteiger partial charge in [0.2, 0.25) is 0 Å². The fourth-order valence-corrected chi connectivity index (χ4v) is 4.69. The van der Waals surface area contributed by atoms with Crippen LogP contribution < -0.4 is 4.72 Å². The minimum absolute atomic E-state index is 0.0516. The maximum Gasteiger partial charge on any atom is 0.270 e. The molecule has 1 N–H and O–H groups in total. The van der Waals surface area contributed by atoms with Crippen LogP contribution in [-0.2, 0) is 5.41 Å². The molecule has 7 heteroatoms. The van der Waals surface area contributed by atoms with Crippen molar-refractivity contribution in [2.45, 2.75) is 31.1 Å². The molecule has 0 bridgehead atoms. The fraction of sp³-hybridized carbons (Fsp3) is 0.143. The van der Waals surface area contributed by atoms with Gasteiger partial charge in [-0.25, -0.2) is 0 Å². The number of nitrogens with zero attached hydrogens (tertiary/aromatic N) is 1. The van der Waals surface area contributed by atoms with Crippen LogP contribution in [0.1, 0.15) is 26.3 Å². The summed E-state index contributed by atoms with van der Waals surface area (Å²) in [6, 6.07) is 26.5. The van der Waals surface area contributed by atoms with Crippen LogP contribution in [-0.4, -0.2) is 4.92 Å². The van der Waals surface area contributed by atoms with Crippen molar-refractivity contribution in [1.82, 2.24) is 0 Å². The Labute approximate surface area is 219 Å². The van der Waals surface area contributed by atoms with E-state index in [1.165, 1.54) is 23.6 Å². The molecule has 0 aliphatic rings. The quantitative estimate of drug-likeness (QED) is 0.155. The van der Waals surface area contributed by atoms with Crippen molar-refractivity contribution in [2.75, 3.05) is 4.72 Å². The molecule has 4 aromatic rings. The molecule has 4 aromatic carbocycles. The minimum Gasteiger partial charge on any atom is -0.325 e. The number of hydrogen-bond donors (Lipinski definition) is 1. The molecule has 4 rings (SSSR count). The summed E-state index contributed by atoms with van der Waals surface area (Å²) in [4.78, 5) is 11.6. The van der Waals surface area contributed by atoms with Gasteiger partial charge in [-0.15, -0.1) is 0 Å². The maximum atomic E-state index is 11.2. The smallest absolute Gasteiger partial charge is 0.270 e. The Hall–Kier alpha value is -2.99. The zero-order valence-corrected chi connectivity index (χ0v) is 21.8. The van der Waals surface area contributed by atoms with Crippen LogP contribution in [0.25, 0.3) is 22.3 Å². The van der Waals surface area contributed by atoms with Crippen molar-refractivity contribution in [3.05, 3.63) is 111 Å². The zero-order valence-electron chi connectivity index (χ0n) is 19.5. The molecule has 0 heterocycles. The van der Waals surface area contributed by atoms with E-state index in [-0.39, 0.29) is 16.0 Å². The first-order valence-corrected chi connectivity index (χ1v) is 12.6. The number of non-ortho nitro benzene ring substituents is 1. The van der Waals surface area contributed by atoms with Crippen molar-refractivity contribution >= 4 is 46.5 Å². The van der Waals surface area contributed by atoms with Gasteiger partial charge in [0.05, 0.1) is 10.6 Å². The van der Waals surface area contributed by atoms with E-state index in [9.17, 15) is 10.1 Å². The van der Waals surface area contributed by atoms with Gasteiger partial charge in [0, 0.05) is 38.2 Å². The predicted molar refractivity (Wildman–Crippen MR) is 149 cm³/mol. The molecular formula is C28H24Cl2N2O2S. The monoisotopic (exact) mass is 522 g/mol. The Morgan fingerprint density at radius 3 is 1.77 bits per heavy atom. The summed E-state index contributed by atoms with van der Waals surface area (Å²) in [6.45, 7) is 6.56. The number of hydrogen-bond acceptors (Lipinski definition) is 4. The Morgan fingerprint density at radius 1 is 0.800 bits per heavy atom. The van der Waals surface area contributed by atoms with Crippen molar-refractivity contribution in [3.63, 3.8) is 0 Å². The number of halogens is 2. The third-order valence-corrected chi connectivity index (χ3v) is 6.91. The Kier molecular flexibility index (Phi) is 7.41. The number of anilines is 1. The van der Waals surface area contributed by atoms with E-state index in [2.05, 4.69) is 37.6 Å². The number of rotatable bonds is 6. The van der Waals surface area contributed by atoms with Gasteiger partial charge in [-0.1, -0.05) is 74.3 Å².